The molecule has 0 aliphatic rings. The van der Waals surface area contributed by atoms with Crippen molar-refractivity contribution in [2.45, 2.75) is 6.92 Å². The molecule has 6 heteroatoms. The Morgan fingerprint density at radius 3 is 2.79 bits per heavy atom. The van der Waals surface area contributed by atoms with E-state index < -0.39 is 5.97 Å². The molecule has 0 fully saturated rings. The van der Waals surface area contributed by atoms with E-state index in [0.29, 0.717) is 5.69 Å². The largest absolute Gasteiger partial charge is 0.464 e. The third-order valence-electron chi connectivity index (χ3n) is 3.09. The predicted molar refractivity (Wildman–Crippen MR) is 71.0 cm³/mol. The van der Waals surface area contributed by atoms with Gasteiger partial charge in [0.25, 0.3) is 0 Å². The molecule has 0 unspecified atom stereocenters. The molecule has 19 heavy (non-hydrogen) atoms. The highest BCUT2D eigenvalue weighted by molar-refractivity contribution is 5.94. The Hall–Kier alpha value is -2.63. The average Bonchev–Trinajstić information content (AvgIpc) is 2.81. The number of pyridine rings is 2. The Balaban J connectivity index is 2.43. The first kappa shape index (κ1) is 11.5. The van der Waals surface area contributed by atoms with Crippen molar-refractivity contribution in [1.29, 1.82) is 0 Å². The summed E-state index contributed by atoms with van der Waals surface area (Å²) in [5.41, 5.74) is 8.50. The third kappa shape index (κ3) is 1.61. The van der Waals surface area contributed by atoms with Gasteiger partial charge >= 0.3 is 5.97 Å². The van der Waals surface area contributed by atoms with Gasteiger partial charge in [0, 0.05) is 11.6 Å². The van der Waals surface area contributed by atoms with Gasteiger partial charge < -0.3 is 10.5 Å². The molecule has 0 aliphatic heterocycles. The summed E-state index contributed by atoms with van der Waals surface area (Å²) >= 11 is 0. The maximum absolute atomic E-state index is 11.5. The van der Waals surface area contributed by atoms with Crippen LogP contribution in [0.3, 0.4) is 0 Å². The summed E-state index contributed by atoms with van der Waals surface area (Å²) < 4.78 is 6.58. The first-order valence-corrected chi connectivity index (χ1v) is 5.72. The van der Waals surface area contributed by atoms with Crippen LogP contribution >= 0.6 is 0 Å². The lowest BCUT2D eigenvalue weighted by atomic mass is 10.2. The molecule has 0 aromatic carbocycles. The molecule has 0 aliphatic carbocycles. The zero-order chi connectivity index (χ0) is 13.6. The second-order valence-electron chi connectivity index (χ2n) is 4.25. The minimum Gasteiger partial charge on any atom is -0.464 e. The smallest absolute Gasteiger partial charge is 0.356 e. The number of esters is 1. The zero-order valence-electron chi connectivity index (χ0n) is 10.5. The SMILES string of the molecule is COC(=O)c1cc2c(cn1)cc(N)c1cnc(C)n12. The Labute approximate surface area is 108 Å². The van der Waals surface area contributed by atoms with Crippen molar-refractivity contribution in [1.82, 2.24) is 14.4 Å². The minimum atomic E-state index is -0.468. The van der Waals surface area contributed by atoms with Gasteiger partial charge in [-0.2, -0.15) is 0 Å². The topological polar surface area (TPSA) is 82.5 Å². The number of hydrogen-bond acceptors (Lipinski definition) is 5. The van der Waals surface area contributed by atoms with Crippen LogP contribution in [0.1, 0.15) is 16.3 Å². The first-order chi connectivity index (χ1) is 9.11. The van der Waals surface area contributed by atoms with Crippen LogP contribution in [0, 0.1) is 6.92 Å². The van der Waals surface area contributed by atoms with E-state index in [1.807, 2.05) is 17.4 Å². The Kier molecular flexibility index (Phi) is 2.38. The van der Waals surface area contributed by atoms with Gasteiger partial charge in [-0.25, -0.2) is 14.8 Å². The van der Waals surface area contributed by atoms with E-state index in [1.54, 1.807) is 18.5 Å². The van der Waals surface area contributed by atoms with Crippen LogP contribution in [-0.4, -0.2) is 27.4 Å². The molecule has 0 spiro atoms. The van der Waals surface area contributed by atoms with Gasteiger partial charge in [-0.15, -0.1) is 0 Å². The number of aryl methyl sites for hydroxylation is 1. The van der Waals surface area contributed by atoms with E-state index in [1.165, 1.54) is 7.11 Å². The summed E-state index contributed by atoms with van der Waals surface area (Å²) in [5, 5.41) is 0.846. The fourth-order valence-electron chi connectivity index (χ4n) is 2.17. The molecular weight excluding hydrogens is 244 g/mol. The summed E-state index contributed by atoms with van der Waals surface area (Å²) in [6, 6.07) is 3.50. The van der Waals surface area contributed by atoms with Gasteiger partial charge in [0.2, 0.25) is 0 Å². The number of nitrogens with two attached hydrogens (primary N) is 1. The quantitative estimate of drug-likeness (QED) is 0.668. The van der Waals surface area contributed by atoms with Crippen molar-refractivity contribution >= 4 is 28.1 Å². The van der Waals surface area contributed by atoms with E-state index in [-0.39, 0.29) is 5.69 Å². The van der Waals surface area contributed by atoms with Gasteiger partial charge in [0.15, 0.2) is 0 Å². The number of nitrogen functional groups attached to an aromatic ring is 1. The van der Waals surface area contributed by atoms with E-state index in [4.69, 9.17) is 5.73 Å². The number of aromatic nitrogens is 3. The molecule has 3 rings (SSSR count). The summed E-state index contributed by atoms with van der Waals surface area (Å²) in [6.07, 6.45) is 3.32. The lowest BCUT2D eigenvalue weighted by molar-refractivity contribution is 0.0594. The number of ether oxygens (including phenoxy) is 1. The lowest BCUT2D eigenvalue weighted by Gasteiger charge is -2.07. The fourth-order valence-corrected chi connectivity index (χ4v) is 2.17. The van der Waals surface area contributed by atoms with Gasteiger partial charge in [-0.05, 0) is 19.1 Å². The normalized spacial score (nSPS) is 11.1. The molecule has 0 radical (unpaired) electrons. The van der Waals surface area contributed by atoms with Crippen molar-refractivity contribution in [3.63, 3.8) is 0 Å². The van der Waals surface area contributed by atoms with Crippen LogP contribution in [0.15, 0.2) is 24.5 Å². The van der Waals surface area contributed by atoms with Gasteiger partial charge in [0.05, 0.1) is 30.0 Å². The lowest BCUT2D eigenvalue weighted by Crippen LogP contribution is -2.05. The van der Waals surface area contributed by atoms with E-state index in [9.17, 15) is 4.79 Å². The number of carbonyl (C=O) groups excluding carboxylic acids is 1. The highest BCUT2D eigenvalue weighted by Gasteiger charge is 2.12. The number of anilines is 1. The van der Waals surface area contributed by atoms with Gasteiger partial charge in [0.1, 0.15) is 11.5 Å². The van der Waals surface area contributed by atoms with Crippen LogP contribution in [0.5, 0.6) is 0 Å². The predicted octanol–water partition coefficient (Wildman–Crippen LogP) is 1.56. The van der Waals surface area contributed by atoms with Gasteiger partial charge in [-0.1, -0.05) is 0 Å². The maximum Gasteiger partial charge on any atom is 0.356 e. The number of carbonyl (C=O) groups is 1. The van der Waals surface area contributed by atoms with Crippen LogP contribution in [0.2, 0.25) is 0 Å². The summed E-state index contributed by atoms with van der Waals surface area (Å²) in [6.45, 7) is 1.88. The molecule has 0 bridgehead atoms. The molecule has 3 heterocycles. The molecule has 3 aromatic rings. The standard InChI is InChI=1S/C13H12N4O2/c1-7-15-6-12-9(14)3-8-5-16-10(13(18)19-2)4-11(8)17(7)12/h3-6H,14H2,1-2H3. The molecule has 96 valence electrons. The highest BCUT2D eigenvalue weighted by Crippen LogP contribution is 2.24. The third-order valence-corrected chi connectivity index (χ3v) is 3.09. The van der Waals surface area contributed by atoms with Crippen molar-refractivity contribution < 1.29 is 9.53 Å². The van der Waals surface area contributed by atoms with Crippen LogP contribution in [-0.2, 0) is 4.74 Å². The van der Waals surface area contributed by atoms with Crippen molar-refractivity contribution in [3.05, 3.63) is 36.0 Å². The molecule has 0 saturated carbocycles. The summed E-state index contributed by atoms with van der Waals surface area (Å²) in [7, 11) is 1.33. The summed E-state index contributed by atoms with van der Waals surface area (Å²) in [4.78, 5) is 19.9. The Morgan fingerprint density at radius 1 is 1.26 bits per heavy atom. The molecule has 2 N–H and O–H groups in total. The zero-order valence-corrected chi connectivity index (χ0v) is 10.5. The first-order valence-electron chi connectivity index (χ1n) is 5.72. The monoisotopic (exact) mass is 256 g/mol. The molecule has 3 aromatic heterocycles. The number of imidazole rings is 1. The number of fused-ring (bicyclic) bond motifs is 3. The van der Waals surface area contributed by atoms with Crippen molar-refractivity contribution in [3.8, 4) is 0 Å². The van der Waals surface area contributed by atoms with E-state index in [0.717, 1.165) is 22.2 Å². The molecule has 0 atom stereocenters. The number of hydrogen-bond donors (Lipinski definition) is 1. The molecule has 6 nitrogen and oxygen atoms in total. The van der Waals surface area contributed by atoms with E-state index in [2.05, 4.69) is 14.7 Å². The van der Waals surface area contributed by atoms with E-state index >= 15 is 0 Å². The molecule has 0 amide bonds. The summed E-state index contributed by atoms with van der Waals surface area (Å²) in [5.74, 6) is 0.332. The van der Waals surface area contributed by atoms with Crippen molar-refractivity contribution in [2.24, 2.45) is 0 Å². The maximum atomic E-state index is 11.5. The van der Waals surface area contributed by atoms with Crippen LogP contribution < -0.4 is 5.73 Å². The Bertz CT molecular complexity index is 807. The average molecular weight is 256 g/mol. The number of nitrogens with zero attached hydrogens (tertiary/aromatic N) is 3. The van der Waals surface area contributed by atoms with Crippen molar-refractivity contribution in [2.75, 3.05) is 12.8 Å². The molecule has 0 saturated heterocycles. The second-order valence-corrected chi connectivity index (χ2v) is 4.25. The highest BCUT2D eigenvalue weighted by atomic mass is 16.5. The fraction of sp³-hybridized carbons (Fsp3) is 0.154. The second kappa shape index (κ2) is 3.94. The van der Waals surface area contributed by atoms with Crippen LogP contribution in [0.4, 0.5) is 5.69 Å². The molecular formula is C13H12N4O2. The number of rotatable bonds is 1. The van der Waals surface area contributed by atoms with Crippen LogP contribution in [0.25, 0.3) is 16.4 Å². The Morgan fingerprint density at radius 2 is 2.05 bits per heavy atom. The minimum absolute atomic E-state index is 0.258. The number of methoxy groups -OCH3 is 1. The van der Waals surface area contributed by atoms with Gasteiger partial charge in [-0.3, -0.25) is 4.40 Å².